The molecule has 0 aliphatic carbocycles. The first-order chi connectivity index (χ1) is 9.13. The standard InChI is InChI=1S/C15H12O3S/c16-10-11-5-8-15-13(9-11)7-6-12-3-1-2-4-14(12)19(15,17)18/h1-9,16H,10H2. The summed E-state index contributed by atoms with van der Waals surface area (Å²) in [5.41, 5.74) is 2.00. The number of hydrogen-bond acceptors (Lipinski definition) is 3. The van der Waals surface area contributed by atoms with E-state index in [4.69, 9.17) is 5.11 Å². The van der Waals surface area contributed by atoms with E-state index in [1.165, 1.54) is 0 Å². The van der Waals surface area contributed by atoms with E-state index in [1.807, 2.05) is 6.07 Å². The normalized spacial score (nSPS) is 15.4. The van der Waals surface area contributed by atoms with Crippen molar-refractivity contribution in [1.82, 2.24) is 0 Å². The number of rotatable bonds is 1. The van der Waals surface area contributed by atoms with E-state index in [1.54, 1.807) is 48.6 Å². The van der Waals surface area contributed by atoms with Gasteiger partial charge < -0.3 is 5.11 Å². The van der Waals surface area contributed by atoms with Gasteiger partial charge in [-0.15, -0.1) is 0 Å². The van der Waals surface area contributed by atoms with Gasteiger partial charge in [0.1, 0.15) is 0 Å². The summed E-state index contributed by atoms with van der Waals surface area (Å²) in [5, 5.41) is 9.14. The van der Waals surface area contributed by atoms with Crippen LogP contribution in [0.2, 0.25) is 0 Å². The molecule has 2 aromatic carbocycles. The second-order valence-electron chi connectivity index (χ2n) is 4.40. The first-order valence-corrected chi connectivity index (χ1v) is 7.37. The third kappa shape index (κ3) is 1.89. The van der Waals surface area contributed by atoms with Gasteiger partial charge in [-0.2, -0.15) is 0 Å². The molecule has 0 saturated carbocycles. The Morgan fingerprint density at radius 1 is 0.895 bits per heavy atom. The van der Waals surface area contributed by atoms with Gasteiger partial charge in [0.15, 0.2) is 0 Å². The van der Waals surface area contributed by atoms with Crippen molar-refractivity contribution in [2.24, 2.45) is 0 Å². The third-order valence-corrected chi connectivity index (χ3v) is 5.10. The molecule has 96 valence electrons. The molecule has 0 spiro atoms. The Kier molecular flexibility index (Phi) is 2.77. The highest BCUT2D eigenvalue weighted by molar-refractivity contribution is 7.91. The average Bonchev–Trinajstić information content (AvgIpc) is 2.54. The summed E-state index contributed by atoms with van der Waals surface area (Å²) in [6.45, 7) is -0.103. The lowest BCUT2D eigenvalue weighted by Crippen LogP contribution is -2.04. The molecule has 19 heavy (non-hydrogen) atoms. The lowest BCUT2D eigenvalue weighted by Gasteiger charge is -2.08. The topological polar surface area (TPSA) is 54.4 Å². The van der Waals surface area contributed by atoms with Crippen LogP contribution in [0.15, 0.2) is 52.3 Å². The van der Waals surface area contributed by atoms with Crippen molar-refractivity contribution in [3.05, 3.63) is 59.2 Å². The molecule has 0 fully saturated rings. The maximum absolute atomic E-state index is 12.6. The quantitative estimate of drug-likeness (QED) is 0.740. The minimum absolute atomic E-state index is 0.103. The van der Waals surface area contributed by atoms with E-state index >= 15 is 0 Å². The summed E-state index contributed by atoms with van der Waals surface area (Å²) in [7, 11) is -3.51. The zero-order valence-corrected chi connectivity index (χ0v) is 10.9. The highest BCUT2D eigenvalue weighted by Crippen LogP contribution is 2.32. The van der Waals surface area contributed by atoms with Crippen molar-refractivity contribution in [3.8, 4) is 0 Å². The Bertz CT molecular complexity index is 774. The molecule has 3 rings (SSSR count). The summed E-state index contributed by atoms with van der Waals surface area (Å²) in [5.74, 6) is 0. The van der Waals surface area contributed by atoms with Crippen LogP contribution in [0.1, 0.15) is 16.7 Å². The maximum Gasteiger partial charge on any atom is 0.207 e. The van der Waals surface area contributed by atoms with Crippen molar-refractivity contribution < 1.29 is 13.5 Å². The van der Waals surface area contributed by atoms with Crippen molar-refractivity contribution in [1.29, 1.82) is 0 Å². The van der Waals surface area contributed by atoms with Gasteiger partial charge in [-0.05, 0) is 34.9 Å². The Balaban J connectivity index is 2.34. The fourth-order valence-electron chi connectivity index (χ4n) is 2.23. The molecule has 4 heteroatoms. The van der Waals surface area contributed by atoms with Crippen LogP contribution in [0.25, 0.3) is 12.2 Å². The second-order valence-corrected chi connectivity index (χ2v) is 6.29. The Hall–Kier alpha value is -1.91. The van der Waals surface area contributed by atoms with E-state index in [9.17, 15) is 8.42 Å². The zero-order valence-electron chi connectivity index (χ0n) is 10.1. The van der Waals surface area contributed by atoms with Crippen LogP contribution in [0.4, 0.5) is 0 Å². The van der Waals surface area contributed by atoms with Crippen LogP contribution >= 0.6 is 0 Å². The van der Waals surface area contributed by atoms with Gasteiger partial charge in [-0.25, -0.2) is 8.42 Å². The van der Waals surface area contributed by atoms with Crippen molar-refractivity contribution in [2.75, 3.05) is 0 Å². The van der Waals surface area contributed by atoms with Crippen LogP contribution in [0, 0.1) is 0 Å². The molecule has 0 atom stereocenters. The summed E-state index contributed by atoms with van der Waals surface area (Å²) < 4.78 is 25.2. The number of benzene rings is 2. The molecule has 0 radical (unpaired) electrons. The average molecular weight is 272 g/mol. The highest BCUT2D eigenvalue weighted by Gasteiger charge is 2.24. The number of aliphatic hydroxyl groups excluding tert-OH is 1. The number of hydrogen-bond donors (Lipinski definition) is 1. The van der Waals surface area contributed by atoms with Crippen LogP contribution < -0.4 is 0 Å². The first kappa shape index (κ1) is 12.1. The third-order valence-electron chi connectivity index (χ3n) is 3.20. The van der Waals surface area contributed by atoms with Gasteiger partial charge >= 0.3 is 0 Å². The van der Waals surface area contributed by atoms with Gasteiger partial charge in [0, 0.05) is 0 Å². The first-order valence-electron chi connectivity index (χ1n) is 5.89. The molecular formula is C15H12O3S. The van der Waals surface area contributed by atoms with E-state index in [-0.39, 0.29) is 11.5 Å². The minimum Gasteiger partial charge on any atom is -0.392 e. The molecule has 1 aliphatic heterocycles. The fraction of sp³-hybridized carbons (Fsp3) is 0.0667. The van der Waals surface area contributed by atoms with E-state index in [0.29, 0.717) is 21.6 Å². The lowest BCUT2D eigenvalue weighted by molar-refractivity contribution is 0.281. The van der Waals surface area contributed by atoms with E-state index < -0.39 is 9.84 Å². The smallest absolute Gasteiger partial charge is 0.207 e. The molecule has 0 saturated heterocycles. The van der Waals surface area contributed by atoms with E-state index in [0.717, 1.165) is 0 Å². The molecular weight excluding hydrogens is 260 g/mol. The molecule has 0 bridgehead atoms. The Labute approximate surface area is 111 Å². The van der Waals surface area contributed by atoms with E-state index in [2.05, 4.69) is 0 Å². The maximum atomic E-state index is 12.6. The molecule has 3 nitrogen and oxygen atoms in total. The van der Waals surface area contributed by atoms with Crippen molar-refractivity contribution in [2.45, 2.75) is 16.4 Å². The monoisotopic (exact) mass is 272 g/mol. The number of sulfone groups is 1. The number of fused-ring (bicyclic) bond motifs is 2. The predicted molar refractivity (Wildman–Crippen MR) is 73.2 cm³/mol. The highest BCUT2D eigenvalue weighted by atomic mass is 32.2. The van der Waals surface area contributed by atoms with Gasteiger partial charge in [0.05, 0.1) is 16.4 Å². The summed E-state index contributed by atoms with van der Waals surface area (Å²) in [6.07, 6.45) is 3.57. The van der Waals surface area contributed by atoms with Gasteiger partial charge in [0.25, 0.3) is 0 Å². The molecule has 1 N–H and O–H groups in total. The van der Waals surface area contributed by atoms with Gasteiger partial charge in [-0.1, -0.05) is 36.4 Å². The van der Waals surface area contributed by atoms with Gasteiger partial charge in [0.2, 0.25) is 9.84 Å². The molecule has 0 amide bonds. The van der Waals surface area contributed by atoms with Gasteiger partial charge in [-0.3, -0.25) is 0 Å². The number of aliphatic hydroxyl groups is 1. The zero-order chi connectivity index (χ0) is 13.5. The molecule has 2 aromatic rings. The predicted octanol–water partition coefficient (Wildman–Crippen LogP) is 2.50. The molecule has 0 aromatic heterocycles. The van der Waals surface area contributed by atoms with Crippen LogP contribution in [0.5, 0.6) is 0 Å². The van der Waals surface area contributed by atoms with Crippen molar-refractivity contribution >= 4 is 22.0 Å². The van der Waals surface area contributed by atoms with Crippen LogP contribution in [-0.2, 0) is 16.4 Å². The Morgan fingerprint density at radius 3 is 2.37 bits per heavy atom. The second kappa shape index (κ2) is 4.33. The SMILES string of the molecule is O=S1(=O)c2ccccc2C=Cc2cc(CO)ccc21. The molecule has 1 aliphatic rings. The molecule has 0 unspecified atom stereocenters. The largest absolute Gasteiger partial charge is 0.392 e. The Morgan fingerprint density at radius 2 is 1.58 bits per heavy atom. The lowest BCUT2D eigenvalue weighted by atomic mass is 10.1. The summed E-state index contributed by atoms with van der Waals surface area (Å²) in [4.78, 5) is 0.604. The fourth-order valence-corrected chi connectivity index (χ4v) is 3.86. The van der Waals surface area contributed by atoms with Crippen LogP contribution in [0.3, 0.4) is 0 Å². The van der Waals surface area contributed by atoms with Crippen LogP contribution in [-0.4, -0.2) is 13.5 Å². The minimum atomic E-state index is -3.51. The summed E-state index contributed by atoms with van der Waals surface area (Å²) in [6, 6.07) is 11.8. The molecule has 1 heterocycles. The van der Waals surface area contributed by atoms with Crippen molar-refractivity contribution in [3.63, 3.8) is 0 Å². The summed E-state index contributed by atoms with van der Waals surface area (Å²) >= 11 is 0.